The van der Waals surface area contributed by atoms with Gasteiger partial charge in [0.25, 0.3) is 0 Å². The van der Waals surface area contributed by atoms with Crippen molar-refractivity contribution in [2.75, 3.05) is 25.0 Å². The highest BCUT2D eigenvalue weighted by molar-refractivity contribution is 5.89. The maximum atomic E-state index is 13.6. The van der Waals surface area contributed by atoms with E-state index in [4.69, 9.17) is 5.73 Å². The molecule has 0 spiro atoms. The average molecular weight is 443 g/mol. The fourth-order valence-corrected chi connectivity index (χ4v) is 4.23. The number of anilines is 1. The number of nitrogens with one attached hydrogen (secondary N) is 2. The van der Waals surface area contributed by atoms with Gasteiger partial charge in [-0.05, 0) is 61.4 Å². The van der Waals surface area contributed by atoms with Gasteiger partial charge in [-0.3, -0.25) is 9.78 Å². The zero-order valence-electron chi connectivity index (χ0n) is 17.7. The Kier molecular flexibility index (Phi) is 6.36. The molecule has 1 aliphatic heterocycles. The molecule has 1 saturated carbocycles. The van der Waals surface area contributed by atoms with E-state index in [9.17, 15) is 18.4 Å². The highest BCUT2D eigenvalue weighted by atomic mass is 19.2. The number of aromatic nitrogens is 1. The number of hydrogen-bond donors (Lipinski definition) is 3. The van der Waals surface area contributed by atoms with E-state index >= 15 is 0 Å². The largest absolute Gasteiger partial charge is 0.354 e. The molecule has 2 fully saturated rings. The molecule has 0 radical (unpaired) electrons. The lowest BCUT2D eigenvalue weighted by Crippen LogP contribution is -2.51. The van der Waals surface area contributed by atoms with E-state index in [1.165, 1.54) is 6.07 Å². The minimum absolute atomic E-state index is 0.0293. The molecule has 7 nitrogen and oxygen atoms in total. The lowest BCUT2D eigenvalue weighted by atomic mass is 9.89. The van der Waals surface area contributed by atoms with Crippen LogP contribution in [-0.2, 0) is 10.2 Å². The molecule has 1 atom stereocenters. The van der Waals surface area contributed by atoms with Crippen molar-refractivity contribution in [2.24, 2.45) is 11.7 Å². The van der Waals surface area contributed by atoms with Crippen molar-refractivity contribution in [2.45, 2.75) is 37.1 Å². The zero-order chi connectivity index (χ0) is 22.7. The van der Waals surface area contributed by atoms with Gasteiger partial charge in [-0.15, -0.1) is 0 Å². The van der Waals surface area contributed by atoms with Gasteiger partial charge in [-0.25, -0.2) is 13.6 Å². The Morgan fingerprint density at radius 2 is 1.81 bits per heavy atom. The summed E-state index contributed by atoms with van der Waals surface area (Å²) in [4.78, 5) is 30.7. The molecule has 3 amide bonds. The van der Waals surface area contributed by atoms with Crippen LogP contribution in [0.4, 0.5) is 19.3 Å². The van der Waals surface area contributed by atoms with Crippen LogP contribution >= 0.6 is 0 Å². The predicted molar refractivity (Wildman–Crippen MR) is 116 cm³/mol. The Bertz CT molecular complexity index is 976. The fourth-order valence-electron chi connectivity index (χ4n) is 4.23. The zero-order valence-corrected chi connectivity index (χ0v) is 17.7. The molecule has 170 valence electrons. The van der Waals surface area contributed by atoms with Gasteiger partial charge >= 0.3 is 6.03 Å². The number of urea groups is 1. The highest BCUT2D eigenvalue weighted by Crippen LogP contribution is 2.47. The van der Waals surface area contributed by atoms with Gasteiger partial charge in [0, 0.05) is 43.1 Å². The van der Waals surface area contributed by atoms with Crippen LogP contribution in [0.5, 0.6) is 0 Å². The van der Waals surface area contributed by atoms with Crippen LogP contribution in [0.3, 0.4) is 0 Å². The third kappa shape index (κ3) is 4.88. The lowest BCUT2D eigenvalue weighted by Gasteiger charge is -2.34. The Balaban J connectivity index is 1.25. The molecule has 1 saturated heterocycles. The van der Waals surface area contributed by atoms with Crippen LogP contribution < -0.4 is 16.4 Å². The number of nitrogens with zero attached hydrogens (tertiary/aromatic N) is 2. The minimum atomic E-state index is -0.878. The van der Waals surface area contributed by atoms with E-state index in [1.807, 2.05) is 0 Å². The van der Waals surface area contributed by atoms with E-state index < -0.39 is 17.7 Å². The number of carbonyl (C=O) groups excluding carboxylic acids is 2. The van der Waals surface area contributed by atoms with Crippen molar-refractivity contribution < 1.29 is 18.4 Å². The molecule has 32 heavy (non-hydrogen) atoms. The Morgan fingerprint density at radius 3 is 2.44 bits per heavy atom. The van der Waals surface area contributed by atoms with E-state index in [1.54, 1.807) is 35.5 Å². The van der Waals surface area contributed by atoms with Gasteiger partial charge in [0.05, 0.1) is 6.04 Å². The summed E-state index contributed by atoms with van der Waals surface area (Å²) in [6.07, 6.45) is 6.09. The first kappa shape index (κ1) is 22.1. The number of piperidine rings is 1. The summed E-state index contributed by atoms with van der Waals surface area (Å²) in [7, 11) is 0. The second-order valence-electron chi connectivity index (χ2n) is 8.64. The van der Waals surface area contributed by atoms with Gasteiger partial charge in [0.2, 0.25) is 5.91 Å². The average Bonchev–Trinajstić information content (AvgIpc) is 3.60. The normalized spacial score (nSPS) is 18.7. The third-order valence-electron chi connectivity index (χ3n) is 6.56. The van der Waals surface area contributed by atoms with Crippen LogP contribution in [0.15, 0.2) is 42.7 Å². The third-order valence-corrected chi connectivity index (χ3v) is 6.56. The predicted octanol–water partition coefficient (Wildman–Crippen LogP) is 2.78. The van der Waals surface area contributed by atoms with Crippen molar-refractivity contribution in [3.63, 3.8) is 0 Å². The van der Waals surface area contributed by atoms with Gasteiger partial charge in [-0.1, -0.05) is 6.07 Å². The first-order valence-electron chi connectivity index (χ1n) is 10.8. The first-order valence-corrected chi connectivity index (χ1v) is 10.8. The maximum Gasteiger partial charge on any atom is 0.321 e. The van der Waals surface area contributed by atoms with Crippen molar-refractivity contribution in [3.8, 4) is 0 Å². The molecular formula is C23H27F2N5O2. The van der Waals surface area contributed by atoms with Gasteiger partial charge in [0.1, 0.15) is 0 Å². The van der Waals surface area contributed by atoms with Crippen molar-refractivity contribution in [1.29, 1.82) is 0 Å². The Hall–Kier alpha value is -3.07. The summed E-state index contributed by atoms with van der Waals surface area (Å²) in [5.41, 5.74) is 7.25. The molecule has 1 unspecified atom stereocenters. The number of nitrogens with two attached hydrogens (primary N) is 1. The number of likely N-dealkylation sites (tertiary alicyclic amines) is 1. The van der Waals surface area contributed by atoms with Gasteiger partial charge in [0.15, 0.2) is 11.6 Å². The molecule has 4 N–H and O–H groups in total. The van der Waals surface area contributed by atoms with Crippen LogP contribution in [0, 0.1) is 17.6 Å². The van der Waals surface area contributed by atoms with Crippen molar-refractivity contribution >= 4 is 17.6 Å². The number of hydrogen-bond acceptors (Lipinski definition) is 4. The summed E-state index contributed by atoms with van der Waals surface area (Å²) in [5, 5.41) is 5.73. The molecule has 0 bridgehead atoms. The van der Waals surface area contributed by atoms with E-state index in [0.29, 0.717) is 43.7 Å². The minimum Gasteiger partial charge on any atom is -0.354 e. The molecule has 9 heteroatoms. The van der Waals surface area contributed by atoms with Crippen LogP contribution in [0.1, 0.15) is 31.2 Å². The van der Waals surface area contributed by atoms with Crippen LogP contribution in [0.25, 0.3) is 0 Å². The maximum absolute atomic E-state index is 13.6. The summed E-state index contributed by atoms with van der Waals surface area (Å²) >= 11 is 0. The molecule has 2 aromatic rings. The molecule has 2 aliphatic rings. The summed E-state index contributed by atoms with van der Waals surface area (Å²) in [6.45, 7) is 1.38. The van der Waals surface area contributed by atoms with E-state index in [2.05, 4.69) is 15.6 Å². The Morgan fingerprint density at radius 1 is 1.12 bits per heavy atom. The molecule has 2 heterocycles. The standard InChI is InChI=1S/C23H27F2N5O2/c24-18-2-1-16(13-19(18)25)23(7-8-23)14-28-21(31)20(26)15-5-11-30(12-6-15)22(32)29-17-3-9-27-10-4-17/h1-4,9-10,13,15,20H,5-8,11-12,14,26H2,(H,28,31)(H,27,29,32). The highest BCUT2D eigenvalue weighted by Gasteiger charge is 2.45. The SMILES string of the molecule is NC(C(=O)NCC1(c2ccc(F)c(F)c2)CC1)C1CCN(C(=O)Nc2ccncc2)CC1. The van der Waals surface area contributed by atoms with Crippen LogP contribution in [-0.4, -0.2) is 47.5 Å². The number of rotatable bonds is 6. The van der Waals surface area contributed by atoms with E-state index in [0.717, 1.165) is 18.9 Å². The summed E-state index contributed by atoms with van der Waals surface area (Å²) in [6, 6.07) is 6.48. The number of halogens is 2. The first-order chi connectivity index (χ1) is 15.4. The summed E-state index contributed by atoms with van der Waals surface area (Å²) < 4.78 is 26.8. The van der Waals surface area contributed by atoms with Crippen LogP contribution in [0.2, 0.25) is 0 Å². The summed E-state index contributed by atoms with van der Waals surface area (Å²) in [5.74, 6) is -2.04. The number of amides is 3. The molecule has 1 aromatic heterocycles. The Labute approximate surface area is 185 Å². The number of benzene rings is 1. The topological polar surface area (TPSA) is 100 Å². The second kappa shape index (κ2) is 9.20. The quantitative estimate of drug-likeness (QED) is 0.639. The smallest absolute Gasteiger partial charge is 0.321 e. The second-order valence-corrected chi connectivity index (χ2v) is 8.64. The fraction of sp³-hybridized carbons (Fsp3) is 0.435. The number of carbonyl (C=O) groups is 2. The van der Waals surface area contributed by atoms with Gasteiger partial charge < -0.3 is 21.3 Å². The lowest BCUT2D eigenvalue weighted by molar-refractivity contribution is -0.124. The van der Waals surface area contributed by atoms with Crippen molar-refractivity contribution in [3.05, 3.63) is 59.9 Å². The number of pyridine rings is 1. The van der Waals surface area contributed by atoms with Gasteiger partial charge in [-0.2, -0.15) is 0 Å². The monoisotopic (exact) mass is 443 g/mol. The molecule has 4 rings (SSSR count). The van der Waals surface area contributed by atoms with Crippen molar-refractivity contribution in [1.82, 2.24) is 15.2 Å². The molecular weight excluding hydrogens is 416 g/mol. The van der Waals surface area contributed by atoms with E-state index in [-0.39, 0.29) is 23.3 Å². The molecule has 1 aromatic carbocycles. The molecule has 1 aliphatic carbocycles.